The summed E-state index contributed by atoms with van der Waals surface area (Å²) in [5.74, 6) is 0.965. The molecule has 0 aliphatic rings. The normalized spacial score (nSPS) is 9.76. The number of nitrogen functional groups attached to an aromatic ring is 2. The number of hydrogen-bond acceptors (Lipinski definition) is 5. The molecule has 0 atom stereocenters. The second kappa shape index (κ2) is 30.2. The average molecular weight is 901 g/mol. The predicted octanol–water partition coefficient (Wildman–Crippen LogP) is 15.6. The summed E-state index contributed by atoms with van der Waals surface area (Å²) in [5, 5.41) is 25.9. The third-order valence-electron chi connectivity index (χ3n) is 10.8. The lowest BCUT2D eigenvalue weighted by Gasteiger charge is -2.04. The van der Waals surface area contributed by atoms with Gasteiger partial charge in [0.2, 0.25) is 0 Å². The fourth-order valence-electron chi connectivity index (χ4n) is 6.52. The number of aromatic hydroxyl groups is 3. The van der Waals surface area contributed by atoms with Gasteiger partial charge in [0, 0.05) is 11.4 Å². The molecular weight excluding hydrogens is 833 g/mol. The Balaban J connectivity index is 0.000000185. The van der Waals surface area contributed by atoms with Crippen LogP contribution in [0.3, 0.4) is 0 Å². The highest BCUT2D eigenvalue weighted by Crippen LogP contribution is 2.22. The average Bonchev–Trinajstić information content (AvgIpc) is 3.39. The lowest BCUT2D eigenvalue weighted by molar-refractivity contribution is 0.475. The van der Waals surface area contributed by atoms with Crippen molar-refractivity contribution in [3.05, 3.63) is 270 Å². The lowest BCUT2D eigenvalue weighted by Crippen LogP contribution is -1.90. The van der Waals surface area contributed by atoms with Crippen molar-refractivity contribution >= 4 is 11.4 Å². The Morgan fingerprint density at radius 1 is 0.250 bits per heavy atom. The molecule has 0 fully saturated rings. The van der Waals surface area contributed by atoms with Gasteiger partial charge in [-0.05, 0) is 148 Å². The standard InChI is InChI=1S/2C16H18.C13H14N2.3C6H6O/c2*1-3-13-5-9-15(10-6-13)16-11-7-14(4-2)8-12-16;14-12-5-1-10(2-6-12)9-11-3-7-13(15)8-4-11;3*7-6-4-2-1-3-5-6/h2*5-12H,3-4H2,1-2H3;1-8H,9,14-15H2;3*1-5,7H. The number of benzene rings is 9. The molecule has 0 spiro atoms. The van der Waals surface area contributed by atoms with Crippen molar-refractivity contribution in [2.24, 2.45) is 0 Å². The molecule has 0 heterocycles. The summed E-state index contributed by atoms with van der Waals surface area (Å²) in [4.78, 5) is 0. The van der Waals surface area contributed by atoms with E-state index in [9.17, 15) is 0 Å². The number of phenolic OH excluding ortho intramolecular Hbond substituents is 3. The highest BCUT2D eigenvalue weighted by molar-refractivity contribution is 5.65. The molecule has 0 saturated heterocycles. The molecule has 0 aliphatic heterocycles. The number of aryl methyl sites for hydroxylation is 4. The maximum absolute atomic E-state index is 8.63. The first-order chi connectivity index (χ1) is 33.1. The van der Waals surface area contributed by atoms with Gasteiger partial charge in [0.1, 0.15) is 17.2 Å². The molecule has 7 N–H and O–H groups in total. The van der Waals surface area contributed by atoms with Gasteiger partial charge in [-0.25, -0.2) is 0 Å². The van der Waals surface area contributed by atoms with Gasteiger partial charge >= 0.3 is 0 Å². The molecule has 0 unspecified atom stereocenters. The van der Waals surface area contributed by atoms with Crippen molar-refractivity contribution in [1.82, 2.24) is 0 Å². The van der Waals surface area contributed by atoms with Crippen LogP contribution in [-0.2, 0) is 32.1 Å². The third kappa shape index (κ3) is 20.4. The summed E-state index contributed by atoms with van der Waals surface area (Å²) in [7, 11) is 0. The third-order valence-corrected chi connectivity index (χ3v) is 10.8. The first-order valence-corrected chi connectivity index (χ1v) is 23.4. The molecule has 0 saturated carbocycles. The number of anilines is 2. The van der Waals surface area contributed by atoms with Crippen LogP contribution in [0, 0.1) is 0 Å². The van der Waals surface area contributed by atoms with Gasteiger partial charge in [0.25, 0.3) is 0 Å². The quantitative estimate of drug-likeness (QED) is 0.0975. The topological polar surface area (TPSA) is 113 Å². The zero-order chi connectivity index (χ0) is 48.8. The number of hydrogen-bond donors (Lipinski definition) is 5. The van der Waals surface area contributed by atoms with Crippen LogP contribution >= 0.6 is 0 Å². The minimum absolute atomic E-state index is 0.322. The van der Waals surface area contributed by atoms with Gasteiger partial charge in [-0.3, -0.25) is 0 Å². The first kappa shape index (κ1) is 52.6. The van der Waals surface area contributed by atoms with Crippen LogP contribution < -0.4 is 11.5 Å². The summed E-state index contributed by atoms with van der Waals surface area (Å²) < 4.78 is 0. The zero-order valence-corrected chi connectivity index (χ0v) is 40.0. The largest absolute Gasteiger partial charge is 0.508 e. The Kier molecular flexibility index (Phi) is 23.4. The van der Waals surface area contributed by atoms with Gasteiger partial charge in [0.15, 0.2) is 0 Å². The fourth-order valence-corrected chi connectivity index (χ4v) is 6.52. The van der Waals surface area contributed by atoms with Crippen molar-refractivity contribution in [3.63, 3.8) is 0 Å². The molecule has 348 valence electrons. The van der Waals surface area contributed by atoms with Crippen molar-refractivity contribution < 1.29 is 15.3 Å². The van der Waals surface area contributed by atoms with Crippen molar-refractivity contribution in [2.45, 2.75) is 59.8 Å². The number of rotatable bonds is 8. The summed E-state index contributed by atoms with van der Waals surface area (Å²) in [6.07, 6.45) is 5.34. The fraction of sp³-hybridized carbons (Fsp3) is 0.143. The molecule has 0 radical (unpaired) electrons. The molecule has 0 amide bonds. The predicted molar refractivity (Wildman–Crippen MR) is 290 cm³/mol. The molecule has 68 heavy (non-hydrogen) atoms. The Labute approximate surface area is 405 Å². The Morgan fingerprint density at radius 3 is 0.603 bits per heavy atom. The van der Waals surface area contributed by atoms with Crippen LogP contribution in [0.25, 0.3) is 22.3 Å². The Bertz CT molecular complexity index is 2340. The van der Waals surface area contributed by atoms with Gasteiger partial charge < -0.3 is 26.8 Å². The minimum Gasteiger partial charge on any atom is -0.508 e. The maximum atomic E-state index is 8.63. The van der Waals surface area contributed by atoms with Crippen molar-refractivity contribution in [3.8, 4) is 39.5 Å². The molecule has 5 heteroatoms. The van der Waals surface area contributed by atoms with E-state index >= 15 is 0 Å². The zero-order valence-electron chi connectivity index (χ0n) is 40.0. The van der Waals surface area contributed by atoms with E-state index in [1.807, 2.05) is 66.7 Å². The van der Waals surface area contributed by atoms with Crippen LogP contribution in [-0.4, -0.2) is 15.3 Å². The van der Waals surface area contributed by atoms with Crippen LogP contribution in [0.5, 0.6) is 17.2 Å². The lowest BCUT2D eigenvalue weighted by atomic mass is 10.0. The van der Waals surface area contributed by atoms with Gasteiger partial charge in [-0.15, -0.1) is 0 Å². The van der Waals surface area contributed by atoms with E-state index in [0.717, 1.165) is 43.5 Å². The Hall–Kier alpha value is -8.02. The van der Waals surface area contributed by atoms with Crippen LogP contribution in [0.15, 0.2) is 237 Å². The first-order valence-electron chi connectivity index (χ1n) is 23.4. The van der Waals surface area contributed by atoms with Crippen molar-refractivity contribution in [2.75, 3.05) is 11.5 Å². The highest BCUT2D eigenvalue weighted by atomic mass is 16.3. The van der Waals surface area contributed by atoms with Crippen LogP contribution in [0.4, 0.5) is 11.4 Å². The second-order valence-electron chi connectivity index (χ2n) is 15.9. The van der Waals surface area contributed by atoms with E-state index in [4.69, 9.17) is 26.8 Å². The van der Waals surface area contributed by atoms with E-state index < -0.39 is 0 Å². The molecule has 0 bridgehead atoms. The number of para-hydroxylation sites is 3. The van der Waals surface area contributed by atoms with E-state index in [-0.39, 0.29) is 0 Å². The maximum Gasteiger partial charge on any atom is 0.115 e. The van der Waals surface area contributed by atoms with Crippen molar-refractivity contribution in [1.29, 1.82) is 0 Å². The van der Waals surface area contributed by atoms with E-state index in [1.165, 1.54) is 55.6 Å². The van der Waals surface area contributed by atoms with Gasteiger partial charge in [-0.2, -0.15) is 0 Å². The molecule has 9 rings (SSSR count). The summed E-state index contributed by atoms with van der Waals surface area (Å²) in [5.41, 5.74) is 26.2. The monoisotopic (exact) mass is 901 g/mol. The number of nitrogens with two attached hydrogens (primary N) is 2. The minimum atomic E-state index is 0.322. The van der Waals surface area contributed by atoms with Gasteiger partial charge in [0.05, 0.1) is 0 Å². The van der Waals surface area contributed by atoms with E-state index in [1.54, 1.807) is 72.8 Å². The molecule has 9 aromatic rings. The smallest absolute Gasteiger partial charge is 0.115 e. The van der Waals surface area contributed by atoms with E-state index in [2.05, 4.69) is 125 Å². The summed E-state index contributed by atoms with van der Waals surface area (Å²) in [6, 6.07) is 77.4. The highest BCUT2D eigenvalue weighted by Gasteiger charge is 2.00. The molecule has 9 aromatic carbocycles. The molecule has 0 aromatic heterocycles. The molecule has 0 aliphatic carbocycles. The summed E-state index contributed by atoms with van der Waals surface area (Å²) in [6.45, 7) is 8.74. The van der Waals surface area contributed by atoms with E-state index in [0.29, 0.717) is 17.2 Å². The van der Waals surface area contributed by atoms with Crippen LogP contribution in [0.1, 0.15) is 61.1 Å². The van der Waals surface area contributed by atoms with Gasteiger partial charge in [-0.1, -0.05) is 204 Å². The summed E-state index contributed by atoms with van der Waals surface area (Å²) >= 11 is 0. The Morgan fingerprint density at radius 2 is 0.441 bits per heavy atom. The molecular formula is C63H68N2O3. The van der Waals surface area contributed by atoms with Crippen LogP contribution in [0.2, 0.25) is 0 Å². The number of phenols is 3. The second-order valence-corrected chi connectivity index (χ2v) is 15.9. The molecule has 5 nitrogen and oxygen atoms in total. The SMILES string of the molecule is CCc1ccc(-c2ccc(CC)cc2)cc1.CCc1ccc(-c2ccc(CC)cc2)cc1.Nc1ccc(Cc2ccc(N)cc2)cc1.Oc1ccccc1.Oc1ccccc1.Oc1ccccc1.